The van der Waals surface area contributed by atoms with E-state index in [1.165, 1.54) is 6.07 Å². The van der Waals surface area contributed by atoms with E-state index < -0.39 is 11.6 Å². The predicted molar refractivity (Wildman–Crippen MR) is 68.4 cm³/mol. The number of hydrogen-bond acceptors (Lipinski definition) is 1. The minimum atomic E-state index is -0.862. The third kappa shape index (κ3) is 2.86. The fourth-order valence-electron chi connectivity index (χ4n) is 1.81. The molecule has 0 heterocycles. The molecule has 2 N–H and O–H groups in total. The topological polar surface area (TPSA) is 26.0 Å². The Morgan fingerprint density at radius 2 is 1.78 bits per heavy atom. The maximum absolute atomic E-state index is 13.1. The molecule has 0 bridgehead atoms. The van der Waals surface area contributed by atoms with Gasteiger partial charge in [-0.1, -0.05) is 35.9 Å². The summed E-state index contributed by atoms with van der Waals surface area (Å²) in [5.74, 6) is -1.72. The summed E-state index contributed by atoms with van der Waals surface area (Å²) in [7, 11) is 0. The average molecular weight is 268 g/mol. The van der Waals surface area contributed by atoms with E-state index in [1.807, 2.05) is 18.2 Å². The molecule has 4 heteroatoms. The fraction of sp³-hybridized carbons (Fsp3) is 0.143. The monoisotopic (exact) mass is 267 g/mol. The first kappa shape index (κ1) is 13.0. The lowest BCUT2D eigenvalue weighted by Crippen LogP contribution is -2.14. The molecule has 2 aromatic carbocycles. The Bertz CT molecular complexity index is 557. The van der Waals surface area contributed by atoms with E-state index in [0.717, 1.165) is 17.7 Å². The summed E-state index contributed by atoms with van der Waals surface area (Å²) in [6.45, 7) is 0. The first-order valence-corrected chi connectivity index (χ1v) is 5.89. The van der Waals surface area contributed by atoms with Gasteiger partial charge in [-0.3, -0.25) is 0 Å². The number of halogens is 3. The van der Waals surface area contributed by atoms with Gasteiger partial charge in [0.25, 0.3) is 0 Å². The van der Waals surface area contributed by atoms with Crippen molar-refractivity contribution in [2.24, 2.45) is 5.73 Å². The van der Waals surface area contributed by atoms with Crippen LogP contribution in [0.5, 0.6) is 0 Å². The van der Waals surface area contributed by atoms with Crippen LogP contribution < -0.4 is 5.73 Å². The van der Waals surface area contributed by atoms with Gasteiger partial charge in [0.15, 0.2) is 11.6 Å². The maximum atomic E-state index is 13.1. The molecule has 0 saturated carbocycles. The van der Waals surface area contributed by atoms with Gasteiger partial charge in [-0.15, -0.1) is 0 Å². The van der Waals surface area contributed by atoms with Crippen LogP contribution in [0.4, 0.5) is 8.78 Å². The molecule has 0 amide bonds. The molecule has 2 aromatic rings. The molecule has 0 spiro atoms. The van der Waals surface area contributed by atoms with Gasteiger partial charge in [0.05, 0.1) is 0 Å². The standard InChI is InChI=1S/C14H12ClF2N/c15-11-4-2-1-3-10(11)14(18)8-9-5-6-12(16)13(17)7-9/h1-7,14H,8,18H2. The summed E-state index contributed by atoms with van der Waals surface area (Å²) in [5.41, 5.74) is 7.45. The molecular weight excluding hydrogens is 256 g/mol. The molecule has 1 atom stereocenters. The zero-order valence-electron chi connectivity index (χ0n) is 9.54. The van der Waals surface area contributed by atoms with Crippen LogP contribution in [0.2, 0.25) is 5.02 Å². The van der Waals surface area contributed by atoms with Crippen LogP contribution in [0.1, 0.15) is 17.2 Å². The highest BCUT2D eigenvalue weighted by Crippen LogP contribution is 2.24. The van der Waals surface area contributed by atoms with Crippen molar-refractivity contribution in [1.29, 1.82) is 0 Å². The third-order valence-corrected chi connectivity index (χ3v) is 3.09. The van der Waals surface area contributed by atoms with E-state index in [1.54, 1.807) is 6.07 Å². The van der Waals surface area contributed by atoms with E-state index in [4.69, 9.17) is 17.3 Å². The highest BCUT2D eigenvalue weighted by Gasteiger charge is 2.11. The molecule has 0 fully saturated rings. The Labute approximate surface area is 109 Å². The van der Waals surface area contributed by atoms with Gasteiger partial charge in [-0.2, -0.15) is 0 Å². The predicted octanol–water partition coefficient (Wildman–Crippen LogP) is 3.86. The molecule has 0 aliphatic heterocycles. The van der Waals surface area contributed by atoms with Crippen molar-refractivity contribution in [2.75, 3.05) is 0 Å². The van der Waals surface area contributed by atoms with E-state index >= 15 is 0 Å². The second kappa shape index (κ2) is 5.46. The van der Waals surface area contributed by atoms with Crippen molar-refractivity contribution in [3.05, 3.63) is 70.2 Å². The van der Waals surface area contributed by atoms with Crippen LogP contribution in [0.3, 0.4) is 0 Å². The van der Waals surface area contributed by atoms with Crippen LogP contribution in [0, 0.1) is 11.6 Å². The Kier molecular flexibility index (Phi) is 3.94. The second-order valence-corrected chi connectivity index (χ2v) is 4.49. The number of nitrogens with two attached hydrogens (primary N) is 1. The van der Waals surface area contributed by atoms with E-state index in [0.29, 0.717) is 17.0 Å². The van der Waals surface area contributed by atoms with Crippen LogP contribution in [0.25, 0.3) is 0 Å². The first-order valence-electron chi connectivity index (χ1n) is 5.52. The quantitative estimate of drug-likeness (QED) is 0.898. The van der Waals surface area contributed by atoms with Crippen molar-refractivity contribution < 1.29 is 8.78 Å². The van der Waals surface area contributed by atoms with Gasteiger partial charge < -0.3 is 5.73 Å². The maximum Gasteiger partial charge on any atom is 0.159 e. The Hall–Kier alpha value is -1.45. The molecule has 0 aliphatic carbocycles. The second-order valence-electron chi connectivity index (χ2n) is 4.08. The summed E-state index contributed by atoms with van der Waals surface area (Å²) in [4.78, 5) is 0. The summed E-state index contributed by atoms with van der Waals surface area (Å²) >= 11 is 6.03. The van der Waals surface area contributed by atoms with Crippen LogP contribution in [-0.4, -0.2) is 0 Å². The summed E-state index contributed by atoms with van der Waals surface area (Å²) in [6, 6.07) is 10.7. The largest absolute Gasteiger partial charge is 0.324 e. The van der Waals surface area contributed by atoms with Crippen LogP contribution >= 0.6 is 11.6 Å². The number of hydrogen-bond donors (Lipinski definition) is 1. The Morgan fingerprint density at radius 1 is 1.06 bits per heavy atom. The third-order valence-electron chi connectivity index (χ3n) is 2.74. The van der Waals surface area contributed by atoms with Crippen LogP contribution in [-0.2, 0) is 6.42 Å². The molecule has 0 saturated heterocycles. The minimum absolute atomic E-state index is 0.344. The summed E-state index contributed by atoms with van der Waals surface area (Å²) in [6.07, 6.45) is 0.404. The molecule has 94 valence electrons. The van der Waals surface area contributed by atoms with Crippen molar-refractivity contribution >= 4 is 11.6 Å². The minimum Gasteiger partial charge on any atom is -0.324 e. The lowest BCUT2D eigenvalue weighted by Gasteiger charge is -2.13. The molecule has 1 nitrogen and oxygen atoms in total. The zero-order chi connectivity index (χ0) is 13.1. The van der Waals surface area contributed by atoms with Gasteiger partial charge >= 0.3 is 0 Å². The van der Waals surface area contributed by atoms with E-state index in [9.17, 15) is 8.78 Å². The highest BCUT2D eigenvalue weighted by atomic mass is 35.5. The average Bonchev–Trinajstić information content (AvgIpc) is 2.34. The molecule has 2 rings (SSSR count). The van der Waals surface area contributed by atoms with Crippen molar-refractivity contribution in [3.63, 3.8) is 0 Å². The van der Waals surface area contributed by atoms with Crippen molar-refractivity contribution in [3.8, 4) is 0 Å². The van der Waals surface area contributed by atoms with Gasteiger partial charge in [0.2, 0.25) is 0 Å². The molecule has 0 aromatic heterocycles. The Morgan fingerprint density at radius 3 is 2.44 bits per heavy atom. The van der Waals surface area contributed by atoms with Gasteiger partial charge in [-0.25, -0.2) is 8.78 Å². The lowest BCUT2D eigenvalue weighted by atomic mass is 9.99. The zero-order valence-corrected chi connectivity index (χ0v) is 10.3. The highest BCUT2D eigenvalue weighted by molar-refractivity contribution is 6.31. The molecule has 0 radical (unpaired) electrons. The normalized spacial score (nSPS) is 12.4. The lowest BCUT2D eigenvalue weighted by molar-refractivity contribution is 0.506. The Balaban J connectivity index is 2.19. The first-order chi connectivity index (χ1) is 8.58. The summed E-state index contributed by atoms with van der Waals surface area (Å²) in [5, 5.41) is 0.576. The number of rotatable bonds is 3. The van der Waals surface area contributed by atoms with Crippen molar-refractivity contribution in [1.82, 2.24) is 0 Å². The molecule has 18 heavy (non-hydrogen) atoms. The van der Waals surface area contributed by atoms with E-state index in [-0.39, 0.29) is 6.04 Å². The van der Waals surface area contributed by atoms with E-state index in [2.05, 4.69) is 0 Å². The fourth-order valence-corrected chi connectivity index (χ4v) is 2.08. The SMILES string of the molecule is NC(Cc1ccc(F)c(F)c1)c1ccccc1Cl. The smallest absolute Gasteiger partial charge is 0.159 e. The van der Waals surface area contributed by atoms with Crippen molar-refractivity contribution in [2.45, 2.75) is 12.5 Å². The van der Waals surface area contributed by atoms with Gasteiger partial charge in [0, 0.05) is 11.1 Å². The van der Waals surface area contributed by atoms with Crippen LogP contribution in [0.15, 0.2) is 42.5 Å². The molecule has 0 aliphatic rings. The van der Waals surface area contributed by atoms with Gasteiger partial charge in [0.1, 0.15) is 0 Å². The molecular formula is C14H12ClF2N. The molecule has 1 unspecified atom stereocenters. The van der Waals surface area contributed by atoms with Gasteiger partial charge in [-0.05, 0) is 35.7 Å². The summed E-state index contributed by atoms with van der Waals surface area (Å²) < 4.78 is 25.9. The number of benzene rings is 2.